The van der Waals surface area contributed by atoms with Crippen molar-refractivity contribution in [3.8, 4) is 0 Å². The summed E-state index contributed by atoms with van der Waals surface area (Å²) < 4.78 is 0.762. The predicted octanol–water partition coefficient (Wildman–Crippen LogP) is 3.96. The van der Waals surface area contributed by atoms with Gasteiger partial charge in [0.25, 0.3) is 0 Å². The molecular formula is C8H5BrClN. The van der Waals surface area contributed by atoms with Gasteiger partial charge in [0.05, 0.1) is 6.57 Å². The molecule has 0 heterocycles. The Hall–Kier alpha value is -0.520. The molecule has 0 saturated heterocycles. The molecule has 0 aliphatic heterocycles. The van der Waals surface area contributed by atoms with Crippen LogP contribution in [0.5, 0.6) is 0 Å². The summed E-state index contributed by atoms with van der Waals surface area (Å²) in [5.41, 5.74) is 1.54. The summed E-state index contributed by atoms with van der Waals surface area (Å²) in [4.78, 5) is 3.36. The van der Waals surface area contributed by atoms with Gasteiger partial charge in [0.1, 0.15) is 0 Å². The van der Waals surface area contributed by atoms with Crippen LogP contribution in [0, 0.1) is 13.5 Å². The number of nitrogens with zero attached hydrogens (tertiary/aromatic N) is 1. The zero-order chi connectivity index (χ0) is 8.43. The summed E-state index contributed by atoms with van der Waals surface area (Å²) in [6.45, 7) is 8.71. The van der Waals surface area contributed by atoms with Crippen molar-refractivity contribution in [1.82, 2.24) is 0 Å². The minimum atomic E-state index is 0.634. The van der Waals surface area contributed by atoms with E-state index in [1.54, 1.807) is 12.1 Å². The van der Waals surface area contributed by atoms with E-state index in [1.807, 2.05) is 6.92 Å². The first kappa shape index (κ1) is 8.58. The van der Waals surface area contributed by atoms with Crippen molar-refractivity contribution in [2.45, 2.75) is 6.92 Å². The van der Waals surface area contributed by atoms with Gasteiger partial charge in [0.15, 0.2) is 0 Å². The van der Waals surface area contributed by atoms with Crippen molar-refractivity contribution in [3.63, 3.8) is 0 Å². The van der Waals surface area contributed by atoms with Gasteiger partial charge in [-0.3, -0.25) is 0 Å². The average Bonchev–Trinajstić information content (AvgIpc) is 1.85. The van der Waals surface area contributed by atoms with Gasteiger partial charge in [-0.2, -0.15) is 0 Å². The van der Waals surface area contributed by atoms with E-state index < -0.39 is 0 Å². The highest BCUT2D eigenvalue weighted by Crippen LogP contribution is 2.32. The fraction of sp³-hybridized carbons (Fsp3) is 0.125. The molecule has 0 bridgehead atoms. The maximum absolute atomic E-state index is 6.85. The molecule has 1 aromatic rings. The quantitative estimate of drug-likeness (QED) is 0.594. The number of hydrogen-bond acceptors (Lipinski definition) is 0. The molecule has 1 aromatic carbocycles. The van der Waals surface area contributed by atoms with E-state index >= 15 is 0 Å². The van der Waals surface area contributed by atoms with Crippen molar-refractivity contribution in [1.29, 1.82) is 0 Å². The minimum Gasteiger partial charge on any atom is -0.237 e. The maximum Gasteiger partial charge on any atom is 0.204 e. The van der Waals surface area contributed by atoms with Gasteiger partial charge in [-0.25, -0.2) is 4.85 Å². The molecule has 0 aliphatic carbocycles. The van der Waals surface area contributed by atoms with Gasteiger partial charge < -0.3 is 0 Å². The molecule has 0 saturated carbocycles. The van der Waals surface area contributed by atoms with Crippen LogP contribution < -0.4 is 0 Å². The monoisotopic (exact) mass is 229 g/mol. The molecular weight excluding hydrogens is 225 g/mol. The van der Waals surface area contributed by atoms with E-state index in [0.29, 0.717) is 10.7 Å². The molecule has 0 spiro atoms. The lowest BCUT2D eigenvalue weighted by Crippen LogP contribution is -1.74. The molecule has 0 amide bonds. The molecule has 0 unspecified atom stereocenters. The average molecular weight is 230 g/mol. The molecule has 0 N–H and O–H groups in total. The lowest BCUT2D eigenvalue weighted by molar-refractivity contribution is 1.47. The Kier molecular flexibility index (Phi) is 2.53. The first-order valence-corrected chi connectivity index (χ1v) is 4.15. The summed E-state index contributed by atoms with van der Waals surface area (Å²) in [6.07, 6.45) is 0. The van der Waals surface area contributed by atoms with Crippen molar-refractivity contribution >= 4 is 33.2 Å². The van der Waals surface area contributed by atoms with Crippen LogP contribution >= 0.6 is 27.5 Å². The largest absolute Gasteiger partial charge is 0.237 e. The first-order chi connectivity index (χ1) is 5.15. The van der Waals surface area contributed by atoms with E-state index in [4.69, 9.17) is 18.2 Å². The lowest BCUT2D eigenvalue weighted by Gasteiger charge is -1.99. The SMILES string of the molecule is [C-]#[N+]c1c(C)cc(Cl)cc1Br. The van der Waals surface area contributed by atoms with Gasteiger partial charge >= 0.3 is 0 Å². The molecule has 56 valence electrons. The van der Waals surface area contributed by atoms with Crippen molar-refractivity contribution in [2.24, 2.45) is 0 Å². The number of benzene rings is 1. The van der Waals surface area contributed by atoms with Crippen LogP contribution in [0.25, 0.3) is 4.85 Å². The van der Waals surface area contributed by atoms with Gasteiger partial charge in [0, 0.05) is 9.50 Å². The topological polar surface area (TPSA) is 4.36 Å². The molecule has 1 nitrogen and oxygen atoms in total. The smallest absolute Gasteiger partial charge is 0.204 e. The Morgan fingerprint density at radius 3 is 2.64 bits per heavy atom. The number of rotatable bonds is 0. The second-order valence-electron chi connectivity index (χ2n) is 2.16. The van der Waals surface area contributed by atoms with Crippen molar-refractivity contribution in [2.75, 3.05) is 0 Å². The fourth-order valence-corrected chi connectivity index (χ4v) is 1.89. The molecule has 0 aliphatic rings. The van der Waals surface area contributed by atoms with Crippen LogP contribution in [0.1, 0.15) is 5.56 Å². The number of aryl methyl sites for hydroxylation is 1. The number of halogens is 2. The highest BCUT2D eigenvalue weighted by Gasteiger charge is 2.03. The fourth-order valence-electron chi connectivity index (χ4n) is 0.836. The normalized spacial score (nSPS) is 9.27. The van der Waals surface area contributed by atoms with Crippen LogP contribution in [0.15, 0.2) is 16.6 Å². The third-order valence-electron chi connectivity index (χ3n) is 1.33. The highest BCUT2D eigenvalue weighted by molar-refractivity contribution is 9.10. The van der Waals surface area contributed by atoms with Gasteiger partial charge in [-0.15, -0.1) is 0 Å². The lowest BCUT2D eigenvalue weighted by atomic mass is 10.2. The summed E-state index contributed by atoms with van der Waals surface area (Å²) in [6, 6.07) is 3.50. The molecule has 0 fully saturated rings. The maximum atomic E-state index is 6.85. The second kappa shape index (κ2) is 3.25. The Balaban J connectivity index is 3.40. The van der Waals surface area contributed by atoms with Crippen molar-refractivity contribution < 1.29 is 0 Å². The van der Waals surface area contributed by atoms with Gasteiger partial charge in [0.2, 0.25) is 5.69 Å². The standard InChI is InChI=1S/C8H5BrClN/c1-5-3-6(10)4-7(9)8(5)11-2/h3-4H,1H3. The van der Waals surface area contributed by atoms with E-state index in [1.165, 1.54) is 0 Å². The van der Waals surface area contributed by atoms with Gasteiger partial charge in [-0.1, -0.05) is 33.6 Å². The van der Waals surface area contributed by atoms with Crippen LogP contribution in [0.2, 0.25) is 5.02 Å². The molecule has 11 heavy (non-hydrogen) atoms. The summed E-state index contributed by atoms with van der Waals surface area (Å²) >= 11 is 9.01. The zero-order valence-electron chi connectivity index (χ0n) is 5.86. The van der Waals surface area contributed by atoms with E-state index in [0.717, 1.165) is 10.0 Å². The van der Waals surface area contributed by atoms with E-state index in [9.17, 15) is 0 Å². The van der Waals surface area contributed by atoms with Crippen LogP contribution in [0.3, 0.4) is 0 Å². The van der Waals surface area contributed by atoms with Gasteiger partial charge in [-0.05, 0) is 18.6 Å². The molecule has 3 heteroatoms. The van der Waals surface area contributed by atoms with E-state index in [-0.39, 0.29) is 0 Å². The Bertz CT molecular complexity index is 304. The Morgan fingerprint density at radius 2 is 2.18 bits per heavy atom. The third kappa shape index (κ3) is 1.74. The van der Waals surface area contributed by atoms with Crippen LogP contribution in [-0.4, -0.2) is 0 Å². The zero-order valence-corrected chi connectivity index (χ0v) is 8.20. The minimum absolute atomic E-state index is 0.634. The molecule has 0 radical (unpaired) electrons. The highest BCUT2D eigenvalue weighted by atomic mass is 79.9. The summed E-state index contributed by atoms with van der Waals surface area (Å²) in [7, 11) is 0. The number of hydrogen-bond donors (Lipinski definition) is 0. The third-order valence-corrected chi connectivity index (χ3v) is 2.15. The summed E-state index contributed by atoms with van der Waals surface area (Å²) in [5.74, 6) is 0. The molecule has 1 rings (SSSR count). The summed E-state index contributed by atoms with van der Waals surface area (Å²) in [5, 5.41) is 0.654. The Labute approximate surface area is 78.9 Å². The van der Waals surface area contributed by atoms with Crippen LogP contribution in [-0.2, 0) is 0 Å². The Morgan fingerprint density at radius 1 is 1.55 bits per heavy atom. The van der Waals surface area contributed by atoms with Crippen LogP contribution in [0.4, 0.5) is 5.69 Å². The first-order valence-electron chi connectivity index (χ1n) is 2.98. The molecule has 0 atom stereocenters. The second-order valence-corrected chi connectivity index (χ2v) is 3.46. The predicted molar refractivity (Wildman–Crippen MR) is 50.2 cm³/mol. The van der Waals surface area contributed by atoms with E-state index in [2.05, 4.69) is 20.8 Å². The molecule has 0 aromatic heterocycles. The van der Waals surface area contributed by atoms with Crippen molar-refractivity contribution in [3.05, 3.63) is 38.6 Å².